The molecule has 0 spiro atoms. The lowest BCUT2D eigenvalue weighted by Gasteiger charge is -2.18. The standard InChI is InChI=1S/C14H22N4O2/c1-3-18(4-2)13(19)8-9-16-14(20)17-12-7-5-6-11(15)10-12/h5-7,10H,3-4,8-9,15H2,1-2H3,(H2,16,17,20). The summed E-state index contributed by atoms with van der Waals surface area (Å²) in [5.41, 5.74) is 6.82. The molecule has 1 aromatic rings. The normalized spacial score (nSPS) is 9.90. The highest BCUT2D eigenvalue weighted by atomic mass is 16.2. The fourth-order valence-corrected chi connectivity index (χ4v) is 1.81. The molecular weight excluding hydrogens is 256 g/mol. The average molecular weight is 278 g/mol. The van der Waals surface area contributed by atoms with Gasteiger partial charge in [-0.1, -0.05) is 6.07 Å². The van der Waals surface area contributed by atoms with E-state index in [1.165, 1.54) is 0 Å². The van der Waals surface area contributed by atoms with Crippen LogP contribution in [0.3, 0.4) is 0 Å². The number of amides is 3. The van der Waals surface area contributed by atoms with Gasteiger partial charge < -0.3 is 21.3 Å². The minimum Gasteiger partial charge on any atom is -0.399 e. The second-order valence-corrected chi connectivity index (χ2v) is 4.32. The number of carbonyl (C=O) groups is 2. The van der Waals surface area contributed by atoms with Gasteiger partial charge in [0, 0.05) is 37.4 Å². The van der Waals surface area contributed by atoms with Gasteiger partial charge in [-0.3, -0.25) is 4.79 Å². The van der Waals surface area contributed by atoms with Gasteiger partial charge in [-0.25, -0.2) is 4.79 Å². The van der Waals surface area contributed by atoms with Crippen LogP contribution in [-0.2, 0) is 4.79 Å². The lowest BCUT2D eigenvalue weighted by molar-refractivity contribution is -0.130. The van der Waals surface area contributed by atoms with Gasteiger partial charge in [0.05, 0.1) is 0 Å². The molecule has 1 rings (SSSR count). The second-order valence-electron chi connectivity index (χ2n) is 4.32. The molecule has 0 radical (unpaired) electrons. The highest BCUT2D eigenvalue weighted by Gasteiger charge is 2.09. The molecule has 0 fully saturated rings. The molecule has 0 unspecified atom stereocenters. The third kappa shape index (κ3) is 5.17. The van der Waals surface area contributed by atoms with E-state index in [-0.39, 0.29) is 11.9 Å². The first-order chi connectivity index (χ1) is 9.56. The van der Waals surface area contributed by atoms with E-state index in [0.717, 1.165) is 0 Å². The molecule has 3 amide bonds. The molecule has 6 heteroatoms. The largest absolute Gasteiger partial charge is 0.399 e. The number of hydrogen-bond acceptors (Lipinski definition) is 3. The molecule has 4 N–H and O–H groups in total. The average Bonchev–Trinajstić information content (AvgIpc) is 2.40. The van der Waals surface area contributed by atoms with Crippen molar-refractivity contribution in [2.24, 2.45) is 0 Å². The number of benzene rings is 1. The zero-order valence-corrected chi connectivity index (χ0v) is 12.0. The van der Waals surface area contributed by atoms with Crippen LogP contribution in [0.1, 0.15) is 20.3 Å². The molecule has 0 bridgehead atoms. The Morgan fingerprint density at radius 1 is 1.25 bits per heavy atom. The zero-order valence-electron chi connectivity index (χ0n) is 12.0. The van der Waals surface area contributed by atoms with Crippen LogP contribution in [0.5, 0.6) is 0 Å². The van der Waals surface area contributed by atoms with E-state index < -0.39 is 0 Å². The van der Waals surface area contributed by atoms with Crippen molar-refractivity contribution in [2.45, 2.75) is 20.3 Å². The van der Waals surface area contributed by atoms with Crippen molar-refractivity contribution in [1.29, 1.82) is 0 Å². The van der Waals surface area contributed by atoms with E-state index in [1.807, 2.05) is 13.8 Å². The summed E-state index contributed by atoms with van der Waals surface area (Å²) in [6.07, 6.45) is 0.298. The molecule has 0 aliphatic heterocycles. The highest BCUT2D eigenvalue weighted by molar-refractivity contribution is 5.90. The van der Waals surface area contributed by atoms with Crippen molar-refractivity contribution in [3.05, 3.63) is 24.3 Å². The Labute approximate surface area is 119 Å². The van der Waals surface area contributed by atoms with E-state index in [1.54, 1.807) is 29.2 Å². The first kappa shape index (κ1) is 15.8. The molecule has 0 aliphatic carbocycles. The Balaban J connectivity index is 2.32. The number of nitrogen functional groups attached to an aromatic ring is 1. The van der Waals surface area contributed by atoms with Gasteiger partial charge in [-0.05, 0) is 32.0 Å². The Bertz CT molecular complexity index is 458. The van der Waals surface area contributed by atoms with Crippen LogP contribution in [0.2, 0.25) is 0 Å². The maximum atomic E-state index is 11.7. The molecule has 20 heavy (non-hydrogen) atoms. The molecule has 110 valence electrons. The first-order valence-corrected chi connectivity index (χ1v) is 6.75. The summed E-state index contributed by atoms with van der Waals surface area (Å²) in [5.74, 6) is 0.0410. The summed E-state index contributed by atoms with van der Waals surface area (Å²) in [4.78, 5) is 25.1. The van der Waals surface area contributed by atoms with E-state index in [9.17, 15) is 9.59 Å². The minimum atomic E-state index is -0.344. The third-order valence-electron chi connectivity index (χ3n) is 2.89. The van der Waals surface area contributed by atoms with Crippen LogP contribution in [0.15, 0.2) is 24.3 Å². The lowest BCUT2D eigenvalue weighted by Crippen LogP contribution is -2.35. The molecule has 0 saturated heterocycles. The number of nitrogens with one attached hydrogen (secondary N) is 2. The summed E-state index contributed by atoms with van der Waals surface area (Å²) in [5, 5.41) is 5.30. The summed E-state index contributed by atoms with van der Waals surface area (Å²) in [6, 6.07) is 6.57. The summed E-state index contributed by atoms with van der Waals surface area (Å²) < 4.78 is 0. The second kappa shape index (κ2) is 8.04. The van der Waals surface area contributed by atoms with Crippen molar-refractivity contribution >= 4 is 23.3 Å². The highest BCUT2D eigenvalue weighted by Crippen LogP contribution is 2.11. The van der Waals surface area contributed by atoms with Gasteiger partial charge in [0.25, 0.3) is 0 Å². The zero-order chi connectivity index (χ0) is 15.0. The van der Waals surface area contributed by atoms with Crippen molar-refractivity contribution in [3.8, 4) is 0 Å². The SMILES string of the molecule is CCN(CC)C(=O)CCNC(=O)Nc1cccc(N)c1. The summed E-state index contributed by atoms with van der Waals surface area (Å²) in [6.45, 7) is 5.54. The van der Waals surface area contributed by atoms with E-state index in [4.69, 9.17) is 5.73 Å². The fraction of sp³-hybridized carbons (Fsp3) is 0.429. The first-order valence-electron chi connectivity index (χ1n) is 6.75. The fourth-order valence-electron chi connectivity index (χ4n) is 1.81. The Hall–Kier alpha value is -2.24. The molecule has 0 atom stereocenters. The molecule has 0 aromatic heterocycles. The summed E-state index contributed by atoms with van der Waals surface area (Å²) >= 11 is 0. The van der Waals surface area contributed by atoms with Gasteiger partial charge in [0.2, 0.25) is 5.91 Å². The molecule has 6 nitrogen and oxygen atoms in total. The van der Waals surface area contributed by atoms with Gasteiger partial charge in [0.15, 0.2) is 0 Å². The van der Waals surface area contributed by atoms with Gasteiger partial charge in [-0.2, -0.15) is 0 Å². The lowest BCUT2D eigenvalue weighted by atomic mass is 10.3. The quantitative estimate of drug-likeness (QED) is 0.691. The van der Waals surface area contributed by atoms with Crippen LogP contribution in [0.4, 0.5) is 16.2 Å². The Morgan fingerprint density at radius 3 is 2.55 bits per heavy atom. The monoisotopic (exact) mass is 278 g/mol. The van der Waals surface area contributed by atoms with Gasteiger partial charge in [0.1, 0.15) is 0 Å². The Kier molecular flexibility index (Phi) is 6.36. The van der Waals surface area contributed by atoms with Crippen molar-refractivity contribution in [1.82, 2.24) is 10.2 Å². The van der Waals surface area contributed by atoms with Crippen LogP contribution in [-0.4, -0.2) is 36.5 Å². The molecule has 0 heterocycles. The molecule has 0 saturated carbocycles. The number of anilines is 2. The predicted octanol–water partition coefficient (Wildman–Crippen LogP) is 1.65. The van der Waals surface area contributed by atoms with E-state index >= 15 is 0 Å². The van der Waals surface area contributed by atoms with E-state index in [0.29, 0.717) is 37.4 Å². The van der Waals surface area contributed by atoms with Crippen molar-refractivity contribution in [2.75, 3.05) is 30.7 Å². The van der Waals surface area contributed by atoms with Gasteiger partial charge >= 0.3 is 6.03 Å². The van der Waals surface area contributed by atoms with Crippen molar-refractivity contribution < 1.29 is 9.59 Å². The third-order valence-corrected chi connectivity index (χ3v) is 2.89. The number of nitrogens with two attached hydrogens (primary N) is 1. The smallest absolute Gasteiger partial charge is 0.319 e. The number of carbonyl (C=O) groups excluding carboxylic acids is 2. The van der Waals surface area contributed by atoms with Crippen LogP contribution in [0, 0.1) is 0 Å². The molecule has 1 aromatic carbocycles. The maximum Gasteiger partial charge on any atom is 0.319 e. The number of urea groups is 1. The van der Waals surface area contributed by atoms with Gasteiger partial charge in [-0.15, -0.1) is 0 Å². The number of nitrogens with zero attached hydrogens (tertiary/aromatic N) is 1. The molecule has 0 aliphatic rings. The summed E-state index contributed by atoms with van der Waals surface area (Å²) in [7, 11) is 0. The Morgan fingerprint density at radius 2 is 1.95 bits per heavy atom. The van der Waals surface area contributed by atoms with Crippen LogP contribution < -0.4 is 16.4 Å². The van der Waals surface area contributed by atoms with Crippen LogP contribution in [0.25, 0.3) is 0 Å². The van der Waals surface area contributed by atoms with E-state index in [2.05, 4.69) is 10.6 Å². The van der Waals surface area contributed by atoms with Crippen LogP contribution >= 0.6 is 0 Å². The predicted molar refractivity (Wildman–Crippen MR) is 80.4 cm³/mol. The minimum absolute atomic E-state index is 0.0410. The number of rotatable bonds is 6. The maximum absolute atomic E-state index is 11.7. The molecular formula is C14H22N4O2. The number of hydrogen-bond donors (Lipinski definition) is 3. The van der Waals surface area contributed by atoms with Crippen molar-refractivity contribution in [3.63, 3.8) is 0 Å². The topological polar surface area (TPSA) is 87.5 Å².